The SMILES string of the molecule is CC(C)c1ccc(C(=O)N2CCOCC2)c(NC2(Cc3cccc(Cl)c3)C(=O)Nc3cc(Cl)ccc32)c1. The van der Waals surface area contributed by atoms with Gasteiger partial charge in [-0.2, -0.15) is 0 Å². The Hall–Kier alpha value is -3.06. The average Bonchev–Trinajstić information content (AvgIpc) is 3.13. The van der Waals surface area contributed by atoms with Crippen LogP contribution >= 0.6 is 23.2 Å². The molecule has 2 aliphatic rings. The molecule has 2 heterocycles. The van der Waals surface area contributed by atoms with Gasteiger partial charge in [0.25, 0.3) is 11.8 Å². The van der Waals surface area contributed by atoms with E-state index in [9.17, 15) is 9.59 Å². The summed E-state index contributed by atoms with van der Waals surface area (Å²) in [6, 6.07) is 18.7. The maximum Gasteiger partial charge on any atom is 0.256 e. The van der Waals surface area contributed by atoms with Crippen LogP contribution in [0.1, 0.15) is 46.8 Å². The molecule has 0 radical (unpaired) electrons. The first-order valence-electron chi connectivity index (χ1n) is 12.4. The van der Waals surface area contributed by atoms with Crippen molar-refractivity contribution in [2.75, 3.05) is 36.9 Å². The molecule has 192 valence electrons. The lowest BCUT2D eigenvalue weighted by atomic mass is 9.84. The van der Waals surface area contributed by atoms with E-state index in [0.717, 1.165) is 16.7 Å². The fourth-order valence-corrected chi connectivity index (χ4v) is 5.40. The first-order valence-corrected chi connectivity index (χ1v) is 13.2. The van der Waals surface area contributed by atoms with E-state index in [1.165, 1.54) is 0 Å². The third-order valence-electron chi connectivity index (χ3n) is 7.02. The topological polar surface area (TPSA) is 70.7 Å². The Balaban J connectivity index is 1.64. The van der Waals surface area contributed by atoms with E-state index >= 15 is 0 Å². The van der Waals surface area contributed by atoms with Crippen LogP contribution in [-0.2, 0) is 21.5 Å². The Morgan fingerprint density at radius 1 is 1.05 bits per heavy atom. The number of benzene rings is 3. The van der Waals surface area contributed by atoms with Crippen LogP contribution in [0.5, 0.6) is 0 Å². The van der Waals surface area contributed by atoms with Gasteiger partial charge in [-0.25, -0.2) is 0 Å². The number of halogens is 2. The van der Waals surface area contributed by atoms with Gasteiger partial charge in [0.1, 0.15) is 5.54 Å². The molecular formula is C29H29Cl2N3O3. The fraction of sp³-hybridized carbons (Fsp3) is 0.310. The zero-order valence-electron chi connectivity index (χ0n) is 20.8. The summed E-state index contributed by atoms with van der Waals surface area (Å²) in [6.45, 7) is 6.27. The second kappa shape index (κ2) is 10.4. The minimum atomic E-state index is -1.18. The first-order chi connectivity index (χ1) is 17.8. The highest BCUT2D eigenvalue weighted by molar-refractivity contribution is 6.31. The molecule has 0 bridgehead atoms. The molecule has 5 rings (SSSR count). The molecule has 3 aromatic carbocycles. The number of amides is 2. The van der Waals surface area contributed by atoms with Crippen molar-refractivity contribution in [3.05, 3.63) is 93.0 Å². The van der Waals surface area contributed by atoms with E-state index in [1.54, 1.807) is 23.1 Å². The second-order valence-electron chi connectivity index (χ2n) is 9.85. The summed E-state index contributed by atoms with van der Waals surface area (Å²) in [5.41, 5.74) is 3.32. The highest BCUT2D eigenvalue weighted by atomic mass is 35.5. The Morgan fingerprint density at radius 2 is 1.81 bits per heavy atom. The number of carbonyl (C=O) groups is 2. The Morgan fingerprint density at radius 3 is 2.54 bits per heavy atom. The van der Waals surface area contributed by atoms with Gasteiger partial charge < -0.3 is 20.3 Å². The quantitative estimate of drug-likeness (QED) is 0.399. The van der Waals surface area contributed by atoms with Crippen LogP contribution in [0.2, 0.25) is 10.0 Å². The maximum atomic E-state index is 13.8. The van der Waals surface area contributed by atoms with Crippen molar-refractivity contribution in [1.29, 1.82) is 0 Å². The molecule has 2 N–H and O–H groups in total. The zero-order chi connectivity index (χ0) is 26.2. The summed E-state index contributed by atoms with van der Waals surface area (Å²) in [7, 11) is 0. The number of nitrogens with zero attached hydrogens (tertiary/aromatic N) is 1. The summed E-state index contributed by atoms with van der Waals surface area (Å²) < 4.78 is 5.44. The molecule has 8 heteroatoms. The third kappa shape index (κ3) is 5.06. The molecule has 37 heavy (non-hydrogen) atoms. The van der Waals surface area contributed by atoms with Gasteiger partial charge in [-0.15, -0.1) is 0 Å². The average molecular weight is 538 g/mol. The number of morpholine rings is 1. The smallest absolute Gasteiger partial charge is 0.256 e. The maximum absolute atomic E-state index is 13.8. The molecular weight excluding hydrogens is 509 g/mol. The lowest BCUT2D eigenvalue weighted by molar-refractivity contribution is -0.119. The molecule has 2 amide bonds. The van der Waals surface area contributed by atoms with Crippen LogP contribution in [0.15, 0.2) is 60.7 Å². The van der Waals surface area contributed by atoms with Crippen LogP contribution in [0.25, 0.3) is 0 Å². The van der Waals surface area contributed by atoms with E-state index in [-0.39, 0.29) is 17.7 Å². The van der Waals surface area contributed by atoms with Crippen LogP contribution < -0.4 is 10.6 Å². The second-order valence-corrected chi connectivity index (χ2v) is 10.7. The molecule has 2 aliphatic heterocycles. The van der Waals surface area contributed by atoms with Crippen molar-refractivity contribution in [3.8, 4) is 0 Å². The predicted molar refractivity (Wildman–Crippen MR) is 148 cm³/mol. The minimum absolute atomic E-state index is 0.0891. The van der Waals surface area contributed by atoms with Crippen LogP contribution in [-0.4, -0.2) is 43.0 Å². The highest BCUT2D eigenvalue weighted by Gasteiger charge is 2.47. The number of hydrogen-bond donors (Lipinski definition) is 2. The summed E-state index contributed by atoms with van der Waals surface area (Å²) in [6.07, 6.45) is 0.325. The van der Waals surface area contributed by atoms with E-state index in [1.807, 2.05) is 42.5 Å². The number of anilines is 2. The standard InChI is InChI=1S/C29H29Cl2N3O3/c1-18(2)20-6-8-23(27(35)34-10-12-37-13-11-34)25(15-20)33-29(17-19-4-3-5-21(30)14-19)24-9-7-22(31)16-26(24)32-28(29)36/h3-9,14-16,18,33H,10-13,17H2,1-2H3,(H,32,36). The lowest BCUT2D eigenvalue weighted by Crippen LogP contribution is -2.45. The van der Waals surface area contributed by atoms with Crippen molar-refractivity contribution in [3.63, 3.8) is 0 Å². The van der Waals surface area contributed by atoms with Crippen LogP contribution in [0, 0.1) is 0 Å². The molecule has 6 nitrogen and oxygen atoms in total. The van der Waals surface area contributed by atoms with Gasteiger partial charge in [0.05, 0.1) is 18.8 Å². The molecule has 0 aliphatic carbocycles. The normalized spacial score (nSPS) is 19.1. The van der Waals surface area contributed by atoms with E-state index in [2.05, 4.69) is 24.5 Å². The molecule has 1 atom stereocenters. The summed E-state index contributed by atoms with van der Waals surface area (Å²) in [5, 5.41) is 7.68. The van der Waals surface area contributed by atoms with Crippen LogP contribution in [0.4, 0.5) is 11.4 Å². The number of rotatable bonds is 6. The zero-order valence-corrected chi connectivity index (χ0v) is 22.3. The van der Waals surface area contributed by atoms with E-state index < -0.39 is 5.54 Å². The number of nitrogens with one attached hydrogen (secondary N) is 2. The third-order valence-corrected chi connectivity index (χ3v) is 7.49. The van der Waals surface area contributed by atoms with Gasteiger partial charge >= 0.3 is 0 Å². The van der Waals surface area contributed by atoms with Gasteiger partial charge in [0.2, 0.25) is 0 Å². The minimum Gasteiger partial charge on any atom is -0.378 e. The number of fused-ring (bicyclic) bond motifs is 1. The van der Waals surface area contributed by atoms with Crippen molar-refractivity contribution in [1.82, 2.24) is 4.90 Å². The molecule has 0 spiro atoms. The van der Waals surface area contributed by atoms with Crippen molar-refractivity contribution >= 4 is 46.4 Å². The Bertz CT molecular complexity index is 1350. The van der Waals surface area contributed by atoms with Crippen molar-refractivity contribution < 1.29 is 14.3 Å². The summed E-state index contributed by atoms with van der Waals surface area (Å²) >= 11 is 12.6. The molecule has 3 aromatic rings. The fourth-order valence-electron chi connectivity index (χ4n) is 5.02. The van der Waals surface area contributed by atoms with Crippen molar-refractivity contribution in [2.45, 2.75) is 31.7 Å². The summed E-state index contributed by atoms with van der Waals surface area (Å²) in [5.74, 6) is -0.0707. The van der Waals surface area contributed by atoms with Gasteiger partial charge in [-0.05, 0) is 53.4 Å². The van der Waals surface area contributed by atoms with Gasteiger partial charge in [0, 0.05) is 46.5 Å². The lowest BCUT2D eigenvalue weighted by Gasteiger charge is -2.33. The van der Waals surface area contributed by atoms with E-state index in [4.69, 9.17) is 27.9 Å². The van der Waals surface area contributed by atoms with Crippen molar-refractivity contribution in [2.24, 2.45) is 0 Å². The van der Waals surface area contributed by atoms with Gasteiger partial charge in [0.15, 0.2) is 0 Å². The molecule has 1 fully saturated rings. The molecule has 0 saturated carbocycles. The van der Waals surface area contributed by atoms with E-state index in [0.29, 0.717) is 59.7 Å². The van der Waals surface area contributed by atoms with Crippen LogP contribution in [0.3, 0.4) is 0 Å². The highest BCUT2D eigenvalue weighted by Crippen LogP contribution is 2.43. The van der Waals surface area contributed by atoms with Gasteiger partial charge in [-0.1, -0.05) is 61.3 Å². The monoisotopic (exact) mass is 537 g/mol. The number of ether oxygens (including phenoxy) is 1. The molecule has 1 unspecified atom stereocenters. The molecule has 1 saturated heterocycles. The Kier molecular flexibility index (Phi) is 7.17. The number of hydrogen-bond acceptors (Lipinski definition) is 4. The molecule has 0 aromatic heterocycles. The first kappa shape index (κ1) is 25.6. The number of carbonyl (C=O) groups excluding carboxylic acids is 2. The predicted octanol–water partition coefficient (Wildman–Crippen LogP) is 6.09. The Labute approximate surface area is 226 Å². The van der Waals surface area contributed by atoms with Gasteiger partial charge in [-0.3, -0.25) is 9.59 Å². The summed E-state index contributed by atoms with van der Waals surface area (Å²) in [4.78, 5) is 29.2. The largest absolute Gasteiger partial charge is 0.378 e.